The molecule has 5 nitrogen and oxygen atoms in total. The number of aromatic hydroxyl groups is 2. The number of phenolic OH excluding ortho intramolecular Hbond substituents is 2. The van der Waals surface area contributed by atoms with Crippen molar-refractivity contribution in [3.05, 3.63) is 23.8 Å². The molecule has 0 radical (unpaired) electrons. The Kier molecular flexibility index (Phi) is 5.01. The van der Waals surface area contributed by atoms with Gasteiger partial charge in [-0.2, -0.15) is 0 Å². The monoisotopic (exact) mass is 266 g/mol. The van der Waals surface area contributed by atoms with Crippen LogP contribution in [0.15, 0.2) is 18.2 Å². The van der Waals surface area contributed by atoms with E-state index in [0.29, 0.717) is 0 Å². The van der Waals surface area contributed by atoms with E-state index in [1.807, 2.05) is 6.92 Å². The second kappa shape index (κ2) is 6.75. The molecule has 0 amide bonds. The van der Waals surface area contributed by atoms with Gasteiger partial charge in [0.15, 0.2) is 0 Å². The van der Waals surface area contributed by atoms with Gasteiger partial charge < -0.3 is 20.3 Å². The first-order valence-corrected chi connectivity index (χ1v) is 6.72. The highest BCUT2D eigenvalue weighted by molar-refractivity contribution is 5.40. The van der Waals surface area contributed by atoms with E-state index in [1.54, 1.807) is 6.07 Å². The van der Waals surface area contributed by atoms with Crippen LogP contribution in [0.25, 0.3) is 0 Å². The van der Waals surface area contributed by atoms with Gasteiger partial charge in [0, 0.05) is 37.8 Å². The Bertz CT molecular complexity index is 406. The molecule has 106 valence electrons. The Morgan fingerprint density at radius 2 is 2.05 bits per heavy atom. The molecule has 1 aromatic carbocycles. The summed E-state index contributed by atoms with van der Waals surface area (Å²) < 4.78 is 5.30. The van der Waals surface area contributed by atoms with Gasteiger partial charge in [-0.1, -0.05) is 0 Å². The Labute approximate surface area is 113 Å². The maximum Gasteiger partial charge on any atom is 0.120 e. The molecule has 1 heterocycles. The maximum atomic E-state index is 9.78. The molecular weight excluding hydrogens is 244 g/mol. The van der Waals surface area contributed by atoms with E-state index in [4.69, 9.17) is 4.74 Å². The van der Waals surface area contributed by atoms with Crippen LogP contribution < -0.4 is 5.32 Å². The molecule has 0 aliphatic carbocycles. The standard InChI is InChI=1S/C14H22N2O3/c1-11(13-10-12(17)2-3-14(13)18)15-4-5-16-6-8-19-9-7-16/h2-3,10-11,15,17-18H,4-9H2,1H3. The first-order valence-electron chi connectivity index (χ1n) is 6.72. The molecule has 0 bridgehead atoms. The van der Waals surface area contributed by atoms with Crippen molar-refractivity contribution in [1.29, 1.82) is 0 Å². The smallest absolute Gasteiger partial charge is 0.120 e. The number of benzene rings is 1. The molecule has 1 atom stereocenters. The first kappa shape index (κ1) is 14.1. The lowest BCUT2D eigenvalue weighted by Crippen LogP contribution is -2.40. The molecule has 1 fully saturated rings. The zero-order valence-electron chi connectivity index (χ0n) is 11.3. The highest BCUT2D eigenvalue weighted by atomic mass is 16.5. The molecule has 19 heavy (non-hydrogen) atoms. The third kappa shape index (κ3) is 4.09. The maximum absolute atomic E-state index is 9.78. The van der Waals surface area contributed by atoms with Crippen molar-refractivity contribution in [1.82, 2.24) is 10.2 Å². The lowest BCUT2D eigenvalue weighted by atomic mass is 10.1. The summed E-state index contributed by atoms with van der Waals surface area (Å²) in [5, 5.41) is 22.6. The van der Waals surface area contributed by atoms with Gasteiger partial charge in [0.2, 0.25) is 0 Å². The average molecular weight is 266 g/mol. The zero-order chi connectivity index (χ0) is 13.7. The Balaban J connectivity index is 1.80. The summed E-state index contributed by atoms with van der Waals surface area (Å²) in [5.41, 5.74) is 0.724. The number of morpholine rings is 1. The molecule has 0 spiro atoms. The summed E-state index contributed by atoms with van der Waals surface area (Å²) >= 11 is 0. The number of phenols is 2. The van der Waals surface area contributed by atoms with Crippen molar-refractivity contribution in [2.45, 2.75) is 13.0 Å². The van der Waals surface area contributed by atoms with Crippen LogP contribution in [0.2, 0.25) is 0 Å². The molecular formula is C14H22N2O3. The predicted octanol–water partition coefficient (Wildman–Crippen LogP) is 1.08. The highest BCUT2D eigenvalue weighted by Crippen LogP contribution is 2.27. The molecule has 3 N–H and O–H groups in total. The molecule has 2 rings (SSSR count). The number of nitrogens with zero attached hydrogens (tertiary/aromatic N) is 1. The molecule has 1 unspecified atom stereocenters. The SMILES string of the molecule is CC(NCCN1CCOCC1)c1cc(O)ccc1O. The van der Waals surface area contributed by atoms with Gasteiger partial charge in [0.1, 0.15) is 11.5 Å². The van der Waals surface area contributed by atoms with Crippen LogP contribution in [-0.2, 0) is 4.74 Å². The fourth-order valence-electron chi connectivity index (χ4n) is 2.26. The Morgan fingerprint density at radius 3 is 2.79 bits per heavy atom. The predicted molar refractivity (Wildman–Crippen MR) is 73.4 cm³/mol. The summed E-state index contributed by atoms with van der Waals surface area (Å²) in [7, 11) is 0. The van der Waals surface area contributed by atoms with Crippen molar-refractivity contribution < 1.29 is 14.9 Å². The van der Waals surface area contributed by atoms with Crippen LogP contribution in [0, 0.1) is 0 Å². The summed E-state index contributed by atoms with van der Waals surface area (Å²) in [6.45, 7) is 7.37. The second-order valence-electron chi connectivity index (χ2n) is 4.87. The van der Waals surface area contributed by atoms with Crippen molar-refractivity contribution in [3.63, 3.8) is 0 Å². The quantitative estimate of drug-likeness (QED) is 0.696. The molecule has 1 aliphatic heterocycles. The third-order valence-electron chi connectivity index (χ3n) is 3.46. The second-order valence-corrected chi connectivity index (χ2v) is 4.87. The van der Waals surface area contributed by atoms with E-state index < -0.39 is 0 Å². The minimum atomic E-state index is 0.00754. The Morgan fingerprint density at radius 1 is 1.32 bits per heavy atom. The van der Waals surface area contributed by atoms with Crippen LogP contribution in [0.5, 0.6) is 11.5 Å². The summed E-state index contributed by atoms with van der Waals surface area (Å²) in [6, 6.07) is 4.61. The molecule has 1 aromatic rings. The molecule has 0 saturated carbocycles. The molecule has 5 heteroatoms. The van der Waals surface area contributed by atoms with Crippen LogP contribution in [0.4, 0.5) is 0 Å². The highest BCUT2D eigenvalue weighted by Gasteiger charge is 2.13. The summed E-state index contributed by atoms with van der Waals surface area (Å²) in [6.07, 6.45) is 0. The minimum absolute atomic E-state index is 0.00754. The van der Waals surface area contributed by atoms with Gasteiger partial charge in [-0.05, 0) is 25.1 Å². The fourth-order valence-corrected chi connectivity index (χ4v) is 2.26. The van der Waals surface area contributed by atoms with E-state index in [-0.39, 0.29) is 17.5 Å². The van der Waals surface area contributed by atoms with E-state index in [2.05, 4.69) is 10.2 Å². The van der Waals surface area contributed by atoms with Crippen LogP contribution in [-0.4, -0.2) is 54.5 Å². The number of nitrogens with one attached hydrogen (secondary N) is 1. The van der Waals surface area contributed by atoms with Gasteiger partial charge in [-0.15, -0.1) is 0 Å². The van der Waals surface area contributed by atoms with E-state index in [9.17, 15) is 10.2 Å². The zero-order valence-corrected chi connectivity index (χ0v) is 11.3. The largest absolute Gasteiger partial charge is 0.508 e. The normalized spacial score (nSPS) is 18.4. The van der Waals surface area contributed by atoms with Gasteiger partial charge in [0.25, 0.3) is 0 Å². The molecule has 1 aliphatic rings. The van der Waals surface area contributed by atoms with E-state index in [0.717, 1.165) is 45.0 Å². The number of hydrogen-bond acceptors (Lipinski definition) is 5. The average Bonchev–Trinajstić information content (AvgIpc) is 2.42. The van der Waals surface area contributed by atoms with Crippen molar-refractivity contribution in [2.75, 3.05) is 39.4 Å². The summed E-state index contributed by atoms with van der Waals surface area (Å²) in [5.74, 6) is 0.388. The van der Waals surface area contributed by atoms with Gasteiger partial charge >= 0.3 is 0 Å². The molecule has 0 aromatic heterocycles. The van der Waals surface area contributed by atoms with Crippen LogP contribution in [0.1, 0.15) is 18.5 Å². The fraction of sp³-hybridized carbons (Fsp3) is 0.571. The first-order chi connectivity index (χ1) is 9.16. The van der Waals surface area contributed by atoms with E-state index in [1.165, 1.54) is 12.1 Å². The van der Waals surface area contributed by atoms with Gasteiger partial charge in [-0.3, -0.25) is 4.90 Å². The molecule has 1 saturated heterocycles. The van der Waals surface area contributed by atoms with Crippen molar-refractivity contribution in [3.8, 4) is 11.5 Å². The third-order valence-corrected chi connectivity index (χ3v) is 3.46. The van der Waals surface area contributed by atoms with Crippen molar-refractivity contribution >= 4 is 0 Å². The lowest BCUT2D eigenvalue weighted by molar-refractivity contribution is 0.0382. The van der Waals surface area contributed by atoms with E-state index >= 15 is 0 Å². The lowest BCUT2D eigenvalue weighted by Gasteiger charge is -2.27. The number of rotatable bonds is 5. The van der Waals surface area contributed by atoms with Gasteiger partial charge in [0.05, 0.1) is 13.2 Å². The Hall–Kier alpha value is -1.30. The number of hydrogen-bond donors (Lipinski definition) is 3. The van der Waals surface area contributed by atoms with Gasteiger partial charge in [-0.25, -0.2) is 0 Å². The summed E-state index contributed by atoms with van der Waals surface area (Å²) in [4.78, 5) is 2.35. The van der Waals surface area contributed by atoms with Crippen LogP contribution >= 0.6 is 0 Å². The number of ether oxygens (including phenoxy) is 1. The topological polar surface area (TPSA) is 65.0 Å². The van der Waals surface area contributed by atoms with Crippen molar-refractivity contribution in [2.24, 2.45) is 0 Å². The van der Waals surface area contributed by atoms with Crippen LogP contribution in [0.3, 0.4) is 0 Å². The minimum Gasteiger partial charge on any atom is -0.508 e.